The maximum absolute atomic E-state index is 11.4. The number of nitrogens with one attached hydrogen (secondary N) is 1. The Balaban J connectivity index is 3.48. The first-order chi connectivity index (χ1) is 9.10. The number of carbonyl (C=O) groups is 2. The molecule has 0 aromatic carbocycles. The summed E-state index contributed by atoms with van der Waals surface area (Å²) < 4.78 is 4.40. The van der Waals surface area contributed by atoms with E-state index in [1.54, 1.807) is 0 Å². The van der Waals surface area contributed by atoms with E-state index in [0.717, 1.165) is 12.8 Å². The normalized spacial score (nSPS) is 11.9. The summed E-state index contributed by atoms with van der Waals surface area (Å²) in [6.45, 7) is 2.04. The molecule has 0 rings (SSSR count). The lowest BCUT2D eigenvalue weighted by Gasteiger charge is -2.10. The van der Waals surface area contributed by atoms with E-state index in [4.69, 9.17) is 0 Å². The number of carbonyl (C=O) groups excluding carboxylic acids is 2. The Hall–Kier alpha value is -1.10. The van der Waals surface area contributed by atoms with Gasteiger partial charge in [-0.25, -0.2) is 0 Å². The molecule has 1 unspecified atom stereocenters. The van der Waals surface area contributed by atoms with E-state index in [1.165, 1.54) is 32.8 Å². The van der Waals surface area contributed by atoms with E-state index < -0.39 is 12.1 Å². The van der Waals surface area contributed by atoms with Crippen LogP contribution in [0.4, 0.5) is 0 Å². The van der Waals surface area contributed by atoms with Crippen LogP contribution in [0.3, 0.4) is 0 Å². The van der Waals surface area contributed by atoms with Crippen LogP contribution in [-0.4, -0.2) is 36.7 Å². The number of esters is 1. The lowest BCUT2D eigenvalue weighted by atomic mass is 10.1. The SMILES string of the molecule is CCCCCCCCC(O)CC(=O)NCC(=O)OC. The summed E-state index contributed by atoms with van der Waals surface area (Å²) in [5.74, 6) is -0.803. The van der Waals surface area contributed by atoms with Crippen molar-refractivity contribution in [2.45, 2.75) is 64.4 Å². The second-order valence-electron chi connectivity index (χ2n) is 4.77. The molecule has 112 valence electrons. The second kappa shape index (κ2) is 12.0. The summed E-state index contributed by atoms with van der Waals surface area (Å²) in [6, 6.07) is 0. The smallest absolute Gasteiger partial charge is 0.325 e. The van der Waals surface area contributed by atoms with Crippen molar-refractivity contribution in [3.05, 3.63) is 0 Å². The molecule has 0 aliphatic rings. The Kier molecular flexibility index (Phi) is 11.3. The average Bonchev–Trinajstić information content (AvgIpc) is 2.39. The number of aliphatic hydroxyl groups is 1. The highest BCUT2D eigenvalue weighted by Crippen LogP contribution is 2.10. The highest BCUT2D eigenvalue weighted by molar-refractivity contribution is 5.82. The van der Waals surface area contributed by atoms with Gasteiger partial charge >= 0.3 is 5.97 Å². The van der Waals surface area contributed by atoms with Crippen molar-refractivity contribution in [1.82, 2.24) is 5.32 Å². The third-order valence-corrected chi connectivity index (χ3v) is 2.97. The molecule has 0 fully saturated rings. The van der Waals surface area contributed by atoms with Crippen LogP contribution in [0.15, 0.2) is 0 Å². The Morgan fingerprint density at radius 1 is 1.16 bits per heavy atom. The molecule has 0 saturated carbocycles. The van der Waals surface area contributed by atoms with Crippen LogP contribution in [0, 0.1) is 0 Å². The van der Waals surface area contributed by atoms with Gasteiger partial charge in [0.05, 0.1) is 19.6 Å². The van der Waals surface area contributed by atoms with Crippen molar-refractivity contribution in [2.75, 3.05) is 13.7 Å². The lowest BCUT2D eigenvalue weighted by molar-refractivity contribution is -0.141. The first-order valence-electron chi connectivity index (χ1n) is 7.11. The van der Waals surface area contributed by atoms with Crippen LogP contribution < -0.4 is 5.32 Å². The van der Waals surface area contributed by atoms with E-state index in [0.29, 0.717) is 6.42 Å². The van der Waals surface area contributed by atoms with Crippen molar-refractivity contribution in [2.24, 2.45) is 0 Å². The number of rotatable bonds is 11. The Labute approximate surface area is 115 Å². The number of hydrogen-bond donors (Lipinski definition) is 2. The molecule has 0 radical (unpaired) electrons. The molecule has 0 saturated heterocycles. The Bertz CT molecular complexity index is 256. The summed E-state index contributed by atoms with van der Waals surface area (Å²) in [5.41, 5.74) is 0. The van der Waals surface area contributed by atoms with E-state index in [1.807, 2.05) is 0 Å². The monoisotopic (exact) mass is 273 g/mol. The minimum absolute atomic E-state index is 0.0476. The Morgan fingerprint density at radius 3 is 2.42 bits per heavy atom. The van der Waals surface area contributed by atoms with E-state index in [9.17, 15) is 14.7 Å². The van der Waals surface area contributed by atoms with Crippen LogP contribution >= 0.6 is 0 Å². The average molecular weight is 273 g/mol. The van der Waals surface area contributed by atoms with Gasteiger partial charge in [0.2, 0.25) is 5.91 Å². The van der Waals surface area contributed by atoms with Crippen LogP contribution in [0.25, 0.3) is 0 Å². The molecule has 5 heteroatoms. The first-order valence-corrected chi connectivity index (χ1v) is 7.11. The molecule has 0 spiro atoms. The number of aliphatic hydroxyl groups excluding tert-OH is 1. The predicted octanol–water partition coefficient (Wildman–Crippen LogP) is 1.78. The van der Waals surface area contributed by atoms with Crippen molar-refractivity contribution < 1.29 is 19.4 Å². The highest BCUT2D eigenvalue weighted by Gasteiger charge is 2.11. The molecule has 0 heterocycles. The molecule has 5 nitrogen and oxygen atoms in total. The summed E-state index contributed by atoms with van der Waals surface area (Å²) in [7, 11) is 1.27. The van der Waals surface area contributed by atoms with Crippen LogP contribution in [0.1, 0.15) is 58.3 Å². The molecule has 0 aromatic rings. The van der Waals surface area contributed by atoms with Crippen molar-refractivity contribution in [3.8, 4) is 0 Å². The number of methoxy groups -OCH3 is 1. The van der Waals surface area contributed by atoms with Crippen LogP contribution in [0.5, 0.6) is 0 Å². The van der Waals surface area contributed by atoms with Gasteiger partial charge in [0.1, 0.15) is 6.54 Å². The summed E-state index contributed by atoms with van der Waals surface area (Å²) in [5, 5.41) is 12.1. The lowest BCUT2D eigenvalue weighted by Crippen LogP contribution is -2.32. The van der Waals surface area contributed by atoms with Crippen LogP contribution in [-0.2, 0) is 14.3 Å². The topological polar surface area (TPSA) is 75.6 Å². The van der Waals surface area contributed by atoms with Crippen molar-refractivity contribution >= 4 is 11.9 Å². The largest absolute Gasteiger partial charge is 0.468 e. The predicted molar refractivity (Wildman–Crippen MR) is 73.6 cm³/mol. The molecular formula is C14H27NO4. The van der Waals surface area contributed by atoms with E-state index in [-0.39, 0.29) is 18.9 Å². The Morgan fingerprint density at radius 2 is 1.79 bits per heavy atom. The van der Waals surface area contributed by atoms with Crippen molar-refractivity contribution in [1.29, 1.82) is 0 Å². The fourth-order valence-electron chi connectivity index (χ4n) is 1.79. The fourth-order valence-corrected chi connectivity index (χ4v) is 1.79. The fraction of sp³-hybridized carbons (Fsp3) is 0.857. The zero-order valence-electron chi connectivity index (χ0n) is 12.1. The van der Waals surface area contributed by atoms with E-state index in [2.05, 4.69) is 17.0 Å². The van der Waals surface area contributed by atoms with Gasteiger partial charge in [-0.1, -0.05) is 45.4 Å². The zero-order chi connectivity index (χ0) is 14.5. The first kappa shape index (κ1) is 17.9. The summed E-state index contributed by atoms with van der Waals surface area (Å²) >= 11 is 0. The summed E-state index contributed by atoms with van der Waals surface area (Å²) in [6.07, 6.45) is 7.02. The summed E-state index contributed by atoms with van der Waals surface area (Å²) in [4.78, 5) is 22.2. The molecule has 1 amide bonds. The molecule has 0 bridgehead atoms. The number of amides is 1. The second-order valence-corrected chi connectivity index (χ2v) is 4.77. The van der Waals surface area contributed by atoms with Gasteiger partial charge in [0.15, 0.2) is 0 Å². The van der Waals surface area contributed by atoms with Gasteiger partial charge < -0.3 is 15.2 Å². The number of hydrogen-bond acceptors (Lipinski definition) is 4. The van der Waals surface area contributed by atoms with E-state index >= 15 is 0 Å². The number of ether oxygens (including phenoxy) is 1. The maximum Gasteiger partial charge on any atom is 0.325 e. The molecule has 1 atom stereocenters. The molecule has 2 N–H and O–H groups in total. The standard InChI is InChI=1S/C14H27NO4/c1-3-4-5-6-7-8-9-12(16)10-13(17)15-11-14(18)19-2/h12,16H,3-11H2,1-2H3,(H,15,17). The van der Waals surface area contributed by atoms with Gasteiger partial charge in [-0.2, -0.15) is 0 Å². The molecule has 19 heavy (non-hydrogen) atoms. The molecule has 0 aliphatic carbocycles. The van der Waals surface area contributed by atoms with Gasteiger partial charge in [-0.3, -0.25) is 9.59 Å². The minimum Gasteiger partial charge on any atom is -0.468 e. The third-order valence-electron chi connectivity index (χ3n) is 2.97. The molecular weight excluding hydrogens is 246 g/mol. The minimum atomic E-state index is -0.621. The van der Waals surface area contributed by atoms with Gasteiger partial charge in [-0.05, 0) is 6.42 Å². The molecule has 0 aromatic heterocycles. The molecule has 0 aliphatic heterocycles. The third kappa shape index (κ3) is 11.7. The maximum atomic E-state index is 11.4. The van der Waals surface area contributed by atoms with Gasteiger partial charge in [-0.15, -0.1) is 0 Å². The van der Waals surface area contributed by atoms with Crippen LogP contribution in [0.2, 0.25) is 0 Å². The zero-order valence-corrected chi connectivity index (χ0v) is 12.1. The van der Waals surface area contributed by atoms with Gasteiger partial charge in [0, 0.05) is 0 Å². The number of unbranched alkanes of at least 4 members (excludes halogenated alkanes) is 5. The highest BCUT2D eigenvalue weighted by atomic mass is 16.5. The quantitative estimate of drug-likeness (QED) is 0.444. The van der Waals surface area contributed by atoms with Gasteiger partial charge in [0.25, 0.3) is 0 Å². The van der Waals surface area contributed by atoms with Crippen molar-refractivity contribution in [3.63, 3.8) is 0 Å².